The third-order valence-electron chi connectivity index (χ3n) is 7.32. The van der Waals surface area contributed by atoms with E-state index in [1.54, 1.807) is 23.5 Å². The largest absolute Gasteiger partial charge is 0.422 e. The molecule has 1 saturated heterocycles. The Labute approximate surface area is 218 Å². The lowest BCUT2D eigenvalue weighted by molar-refractivity contribution is 0.0944. The van der Waals surface area contributed by atoms with Crippen LogP contribution in [0.25, 0.3) is 32.0 Å². The minimum absolute atomic E-state index is 0.0371. The maximum Gasteiger partial charge on any atom is 0.349 e. The highest BCUT2D eigenvalue weighted by atomic mass is 32.1. The summed E-state index contributed by atoms with van der Waals surface area (Å²) in [6.45, 7) is 9.03. The zero-order chi connectivity index (χ0) is 25.5. The lowest BCUT2D eigenvalue weighted by Crippen LogP contribution is -2.48. The molecule has 2 aromatic heterocycles. The molecule has 8 heteroatoms. The van der Waals surface area contributed by atoms with E-state index >= 15 is 0 Å². The van der Waals surface area contributed by atoms with Gasteiger partial charge in [-0.25, -0.2) is 9.78 Å². The summed E-state index contributed by atoms with van der Waals surface area (Å²) in [6, 6.07) is 17.5. The molecule has 188 valence electrons. The van der Waals surface area contributed by atoms with Crippen molar-refractivity contribution in [3.63, 3.8) is 0 Å². The minimum Gasteiger partial charge on any atom is -0.422 e. The van der Waals surface area contributed by atoms with Gasteiger partial charge in [0.15, 0.2) is 5.13 Å². The van der Waals surface area contributed by atoms with Gasteiger partial charge in [-0.1, -0.05) is 47.7 Å². The third-order valence-corrected chi connectivity index (χ3v) is 8.40. The Balaban J connectivity index is 1.07. The second kappa shape index (κ2) is 9.61. The molecule has 0 atom stereocenters. The van der Waals surface area contributed by atoms with Gasteiger partial charge in [0.2, 0.25) is 0 Å². The first-order chi connectivity index (χ1) is 18.0. The summed E-state index contributed by atoms with van der Waals surface area (Å²) in [5.74, 6) is -0.401. The van der Waals surface area contributed by atoms with Crippen molar-refractivity contribution >= 4 is 54.3 Å². The van der Waals surface area contributed by atoms with E-state index in [1.165, 1.54) is 15.8 Å². The molecule has 37 heavy (non-hydrogen) atoms. The maximum atomic E-state index is 12.9. The van der Waals surface area contributed by atoms with Gasteiger partial charge in [-0.3, -0.25) is 9.69 Å². The maximum absolute atomic E-state index is 12.9. The number of nitrogens with zero attached hydrogens (tertiary/aromatic N) is 3. The van der Waals surface area contributed by atoms with Crippen LogP contribution in [0, 0.1) is 13.8 Å². The normalized spacial score (nSPS) is 14.6. The summed E-state index contributed by atoms with van der Waals surface area (Å²) in [6.07, 6.45) is 0. The number of fused-ring (bicyclic) bond motifs is 4. The molecule has 0 spiro atoms. The minimum atomic E-state index is -0.616. The second-order valence-corrected chi connectivity index (χ2v) is 10.6. The first-order valence-electron chi connectivity index (χ1n) is 12.6. The average Bonchev–Trinajstić information content (AvgIpc) is 3.36. The Morgan fingerprint density at radius 3 is 2.68 bits per heavy atom. The number of benzene rings is 3. The van der Waals surface area contributed by atoms with Crippen molar-refractivity contribution in [2.24, 2.45) is 0 Å². The van der Waals surface area contributed by atoms with Crippen molar-refractivity contribution in [1.82, 2.24) is 15.2 Å². The van der Waals surface area contributed by atoms with Gasteiger partial charge in [-0.15, -0.1) is 0 Å². The molecule has 1 aliphatic rings. The highest BCUT2D eigenvalue weighted by molar-refractivity contribution is 7.22. The van der Waals surface area contributed by atoms with Crippen molar-refractivity contribution in [3.05, 3.63) is 81.7 Å². The van der Waals surface area contributed by atoms with Crippen LogP contribution in [0.15, 0.2) is 63.8 Å². The first kappa shape index (κ1) is 23.6. The Morgan fingerprint density at radius 2 is 1.84 bits per heavy atom. The zero-order valence-corrected chi connectivity index (χ0v) is 21.7. The lowest BCUT2D eigenvalue weighted by Gasteiger charge is -2.34. The van der Waals surface area contributed by atoms with Crippen LogP contribution >= 0.6 is 11.3 Å². The summed E-state index contributed by atoms with van der Waals surface area (Å²) in [5, 5.41) is 6.73. The fourth-order valence-corrected chi connectivity index (χ4v) is 6.04. The van der Waals surface area contributed by atoms with Crippen molar-refractivity contribution in [2.45, 2.75) is 13.8 Å². The van der Waals surface area contributed by atoms with Gasteiger partial charge in [-0.05, 0) is 53.9 Å². The number of piperazine rings is 1. The first-order valence-corrected chi connectivity index (χ1v) is 13.4. The molecule has 0 saturated carbocycles. The number of thiazole rings is 1. The zero-order valence-electron chi connectivity index (χ0n) is 20.9. The number of aromatic nitrogens is 1. The number of amides is 1. The highest BCUT2D eigenvalue weighted by Crippen LogP contribution is 2.32. The number of anilines is 1. The fraction of sp³-hybridized carbons (Fsp3) is 0.276. The summed E-state index contributed by atoms with van der Waals surface area (Å²) in [7, 11) is 0. The molecule has 1 aliphatic heterocycles. The molecule has 0 aliphatic carbocycles. The molecule has 5 aromatic rings. The molecule has 0 unspecified atom stereocenters. The predicted octanol–water partition coefficient (Wildman–Crippen LogP) is 4.72. The number of rotatable bonds is 5. The number of aryl methyl sites for hydroxylation is 2. The monoisotopic (exact) mass is 512 g/mol. The van der Waals surface area contributed by atoms with E-state index in [2.05, 4.69) is 41.1 Å². The molecular formula is C29H28N4O3S. The molecule has 7 nitrogen and oxygen atoms in total. The third kappa shape index (κ3) is 4.47. The van der Waals surface area contributed by atoms with E-state index in [4.69, 9.17) is 9.40 Å². The van der Waals surface area contributed by atoms with Crippen LogP contribution in [-0.2, 0) is 0 Å². The topological polar surface area (TPSA) is 78.7 Å². The number of carbonyl (C=O) groups excluding carboxylic acids is 1. The summed E-state index contributed by atoms with van der Waals surface area (Å²) in [5.41, 5.74) is 3.53. The van der Waals surface area contributed by atoms with E-state index in [1.807, 2.05) is 30.3 Å². The van der Waals surface area contributed by atoms with Crippen LogP contribution in [0.4, 0.5) is 5.13 Å². The van der Waals surface area contributed by atoms with Crippen molar-refractivity contribution in [2.75, 3.05) is 44.2 Å². The number of hydrogen-bond donors (Lipinski definition) is 1. The van der Waals surface area contributed by atoms with Crippen LogP contribution in [0.5, 0.6) is 0 Å². The molecular weight excluding hydrogens is 484 g/mol. The lowest BCUT2D eigenvalue weighted by atomic mass is 10.0. The molecule has 1 fully saturated rings. The van der Waals surface area contributed by atoms with Crippen LogP contribution in [0.3, 0.4) is 0 Å². The van der Waals surface area contributed by atoms with Crippen molar-refractivity contribution in [3.8, 4) is 0 Å². The van der Waals surface area contributed by atoms with Crippen LogP contribution in [0.1, 0.15) is 21.5 Å². The SMILES string of the molecule is Cc1ccc2sc(N3CCN(CCNC(=O)c4cc5c(ccc6ccccc65)oc4=O)CC3)nc2c1C. The predicted molar refractivity (Wildman–Crippen MR) is 150 cm³/mol. The fourth-order valence-electron chi connectivity index (χ4n) is 4.96. The van der Waals surface area contributed by atoms with Gasteiger partial charge >= 0.3 is 5.63 Å². The molecule has 3 aromatic carbocycles. The number of nitrogens with one attached hydrogen (secondary N) is 1. The molecule has 1 amide bonds. The van der Waals surface area contributed by atoms with E-state index in [9.17, 15) is 9.59 Å². The van der Waals surface area contributed by atoms with E-state index in [0.29, 0.717) is 12.1 Å². The van der Waals surface area contributed by atoms with Crippen LogP contribution in [0.2, 0.25) is 0 Å². The molecule has 6 rings (SSSR count). The van der Waals surface area contributed by atoms with Gasteiger partial charge < -0.3 is 14.6 Å². The summed E-state index contributed by atoms with van der Waals surface area (Å²) in [4.78, 5) is 35.0. The molecule has 3 heterocycles. The molecule has 1 N–H and O–H groups in total. The van der Waals surface area contributed by atoms with E-state index in [-0.39, 0.29) is 5.56 Å². The Hall–Kier alpha value is -3.75. The molecule has 0 radical (unpaired) electrons. The van der Waals surface area contributed by atoms with Crippen LogP contribution < -0.4 is 15.8 Å². The van der Waals surface area contributed by atoms with E-state index < -0.39 is 11.5 Å². The van der Waals surface area contributed by atoms with Gasteiger partial charge in [0.05, 0.1) is 10.2 Å². The summed E-state index contributed by atoms with van der Waals surface area (Å²) < 4.78 is 6.70. The Bertz CT molecular complexity index is 1700. The Morgan fingerprint density at radius 1 is 1.03 bits per heavy atom. The standard InChI is InChI=1S/C29H28N4O3S/c1-18-7-10-25-26(19(18)2)31-29(37-25)33-15-13-32(14-16-33)12-11-30-27(34)23-17-22-21-6-4-3-5-20(21)8-9-24(22)36-28(23)35/h3-10,17H,11-16H2,1-2H3,(H,30,34). The smallest absolute Gasteiger partial charge is 0.349 e. The Kier molecular flexibility index (Phi) is 6.14. The second-order valence-electron chi connectivity index (χ2n) is 9.58. The van der Waals surface area contributed by atoms with Gasteiger partial charge in [-0.2, -0.15) is 0 Å². The van der Waals surface area contributed by atoms with Gasteiger partial charge in [0.1, 0.15) is 11.1 Å². The number of carbonyl (C=O) groups is 1. The van der Waals surface area contributed by atoms with E-state index in [0.717, 1.165) is 59.5 Å². The van der Waals surface area contributed by atoms with Gasteiger partial charge in [0.25, 0.3) is 5.91 Å². The number of hydrogen-bond acceptors (Lipinski definition) is 7. The van der Waals surface area contributed by atoms with Crippen LogP contribution in [-0.4, -0.2) is 55.1 Å². The highest BCUT2D eigenvalue weighted by Gasteiger charge is 2.21. The molecule has 0 bridgehead atoms. The average molecular weight is 513 g/mol. The quantitative estimate of drug-likeness (QED) is 0.271. The van der Waals surface area contributed by atoms with Crippen molar-refractivity contribution < 1.29 is 9.21 Å². The summed E-state index contributed by atoms with van der Waals surface area (Å²) >= 11 is 1.75. The van der Waals surface area contributed by atoms with Crippen molar-refractivity contribution in [1.29, 1.82) is 0 Å². The van der Waals surface area contributed by atoms with Gasteiger partial charge in [0, 0.05) is 44.7 Å².